The molecule has 5 rings (SSSR count). The van der Waals surface area contributed by atoms with Crippen LogP contribution in [0.4, 0.5) is 10.3 Å². The van der Waals surface area contributed by atoms with Gasteiger partial charge in [-0.2, -0.15) is 4.52 Å². The smallest absolute Gasteiger partial charge is 0.223 e. The Morgan fingerprint density at radius 2 is 1.91 bits per heavy atom. The van der Waals surface area contributed by atoms with Gasteiger partial charge in [-0.05, 0) is 39.7 Å². The molecule has 1 fully saturated rings. The molecule has 4 N–H and O–H groups in total. The predicted octanol–water partition coefficient (Wildman–Crippen LogP) is 2.96. The summed E-state index contributed by atoms with van der Waals surface area (Å²) in [5.41, 5.74) is 15.4. The summed E-state index contributed by atoms with van der Waals surface area (Å²) < 4.78 is 20.8. The number of aryl methyl sites for hydroxylation is 1. The number of aromatic nitrogens is 6. The van der Waals surface area contributed by atoms with Gasteiger partial charge in [0.2, 0.25) is 5.95 Å². The number of benzene rings is 1. The summed E-state index contributed by atoms with van der Waals surface area (Å²) in [6.45, 7) is 5.79. The molecule has 0 amide bonds. The summed E-state index contributed by atoms with van der Waals surface area (Å²) >= 11 is 0. The van der Waals surface area contributed by atoms with Gasteiger partial charge in [0.1, 0.15) is 0 Å². The highest BCUT2D eigenvalue weighted by molar-refractivity contribution is 5.93. The summed E-state index contributed by atoms with van der Waals surface area (Å²) in [5, 5.41) is 5.10. The minimum atomic E-state index is -0.529. The van der Waals surface area contributed by atoms with E-state index in [0.29, 0.717) is 22.4 Å². The molecule has 166 valence electrons. The van der Waals surface area contributed by atoms with E-state index in [1.807, 2.05) is 20.8 Å². The number of fused-ring (bicyclic) bond motifs is 3. The van der Waals surface area contributed by atoms with Crippen molar-refractivity contribution in [1.29, 1.82) is 0 Å². The monoisotopic (exact) mass is 436 g/mol. The largest absolute Gasteiger partial charge is 0.494 e. The van der Waals surface area contributed by atoms with Crippen molar-refractivity contribution in [2.24, 2.45) is 5.73 Å². The van der Waals surface area contributed by atoms with E-state index < -0.39 is 11.4 Å². The second-order valence-electron chi connectivity index (χ2n) is 8.99. The molecule has 3 heterocycles. The first-order valence-electron chi connectivity index (χ1n) is 10.5. The summed E-state index contributed by atoms with van der Waals surface area (Å²) in [4.78, 5) is 18.3. The molecule has 0 radical (unpaired) electrons. The Kier molecular flexibility index (Phi) is 4.52. The van der Waals surface area contributed by atoms with E-state index in [2.05, 4.69) is 25.0 Å². The van der Waals surface area contributed by atoms with Gasteiger partial charge in [0, 0.05) is 23.3 Å². The van der Waals surface area contributed by atoms with Gasteiger partial charge in [0.15, 0.2) is 23.0 Å². The van der Waals surface area contributed by atoms with Crippen molar-refractivity contribution >= 4 is 22.5 Å². The molecule has 4 aromatic rings. The van der Waals surface area contributed by atoms with Crippen LogP contribution in [0.1, 0.15) is 61.4 Å². The second-order valence-corrected chi connectivity index (χ2v) is 8.99. The first-order valence-corrected chi connectivity index (χ1v) is 10.5. The molecule has 1 aromatic carbocycles. The van der Waals surface area contributed by atoms with Crippen molar-refractivity contribution in [2.75, 3.05) is 12.8 Å². The van der Waals surface area contributed by atoms with Crippen molar-refractivity contribution in [1.82, 2.24) is 29.5 Å². The van der Waals surface area contributed by atoms with Crippen LogP contribution in [0.25, 0.3) is 16.6 Å². The van der Waals surface area contributed by atoms with Crippen molar-refractivity contribution in [3.63, 3.8) is 0 Å². The number of rotatable bonds is 4. The van der Waals surface area contributed by atoms with Crippen LogP contribution in [-0.4, -0.2) is 36.7 Å². The summed E-state index contributed by atoms with van der Waals surface area (Å²) in [6, 6.07) is 2.87. The number of nitrogens with two attached hydrogens (primary N) is 2. The van der Waals surface area contributed by atoms with Crippen LogP contribution in [0, 0.1) is 12.7 Å². The number of hydrogen-bond acceptors (Lipinski definition) is 8. The molecular formula is C22H25FN8O. The fraction of sp³-hybridized carbons (Fsp3) is 0.409. The van der Waals surface area contributed by atoms with Gasteiger partial charge >= 0.3 is 0 Å². The fourth-order valence-electron chi connectivity index (χ4n) is 4.23. The normalized spacial score (nSPS) is 18.8. The predicted molar refractivity (Wildman–Crippen MR) is 118 cm³/mol. The lowest BCUT2D eigenvalue weighted by Gasteiger charge is -2.33. The zero-order valence-electron chi connectivity index (χ0n) is 18.4. The third-order valence-electron chi connectivity index (χ3n) is 6.12. The molecule has 10 heteroatoms. The third kappa shape index (κ3) is 3.22. The molecule has 0 unspecified atom stereocenters. The zero-order chi connectivity index (χ0) is 22.8. The van der Waals surface area contributed by atoms with Crippen LogP contribution < -0.4 is 16.2 Å². The maximum absolute atomic E-state index is 14.3. The van der Waals surface area contributed by atoms with Gasteiger partial charge in [-0.3, -0.25) is 9.97 Å². The Hall–Kier alpha value is -3.40. The molecule has 0 aliphatic heterocycles. The SMILES string of the molecule is COc1cc2nc(N)n3nc([C@H]4C[C@@H](c5ncc(C(C)(C)N)nc5C)C4)nc3c2cc1F. The minimum Gasteiger partial charge on any atom is -0.494 e. The maximum atomic E-state index is 14.3. The van der Waals surface area contributed by atoms with Crippen molar-refractivity contribution < 1.29 is 9.13 Å². The van der Waals surface area contributed by atoms with Gasteiger partial charge in [-0.15, -0.1) is 5.10 Å². The minimum absolute atomic E-state index is 0.107. The lowest BCUT2D eigenvalue weighted by molar-refractivity contribution is 0.329. The standard InChI is InChI=1S/C22H25FN8O/c1-10-18(26-9-17(27-10)22(2,3)25)11-5-12(6-11)19-29-20-13-7-14(23)16(32-4)8-15(13)28-21(24)31(20)30-19/h7-9,11-12H,5-6,25H2,1-4H3,(H2,24,28)/t11-,12+. The maximum Gasteiger partial charge on any atom is 0.223 e. The number of nitrogens with zero attached hydrogens (tertiary/aromatic N) is 6. The highest BCUT2D eigenvalue weighted by Crippen LogP contribution is 2.47. The van der Waals surface area contributed by atoms with Crippen LogP contribution in [0.15, 0.2) is 18.3 Å². The van der Waals surface area contributed by atoms with E-state index in [1.165, 1.54) is 23.8 Å². The number of methoxy groups -OCH3 is 1. The lowest BCUT2D eigenvalue weighted by Crippen LogP contribution is -2.31. The molecule has 1 aliphatic carbocycles. The van der Waals surface area contributed by atoms with Gasteiger partial charge in [0.05, 0.1) is 41.4 Å². The average molecular weight is 436 g/mol. The van der Waals surface area contributed by atoms with E-state index in [4.69, 9.17) is 16.2 Å². The molecule has 0 spiro atoms. The molecule has 0 saturated heterocycles. The number of halogens is 1. The highest BCUT2D eigenvalue weighted by atomic mass is 19.1. The van der Waals surface area contributed by atoms with Crippen LogP contribution in [-0.2, 0) is 5.54 Å². The van der Waals surface area contributed by atoms with Gasteiger partial charge in [-0.25, -0.2) is 14.4 Å². The Morgan fingerprint density at radius 1 is 1.16 bits per heavy atom. The lowest BCUT2D eigenvalue weighted by atomic mass is 9.72. The molecule has 3 aromatic heterocycles. The molecule has 1 saturated carbocycles. The summed E-state index contributed by atoms with van der Waals surface area (Å²) in [6.07, 6.45) is 3.47. The van der Waals surface area contributed by atoms with Gasteiger partial charge in [0.25, 0.3) is 0 Å². The number of nitrogen functional groups attached to an aromatic ring is 1. The molecule has 0 bridgehead atoms. The van der Waals surface area contributed by atoms with Crippen molar-refractivity contribution in [2.45, 2.75) is 51.0 Å². The Balaban J connectivity index is 1.44. The first-order chi connectivity index (χ1) is 15.2. The fourth-order valence-corrected chi connectivity index (χ4v) is 4.23. The van der Waals surface area contributed by atoms with Crippen LogP contribution in [0.3, 0.4) is 0 Å². The van der Waals surface area contributed by atoms with Gasteiger partial charge in [-0.1, -0.05) is 0 Å². The number of hydrogen-bond donors (Lipinski definition) is 2. The Labute approximate surface area is 184 Å². The highest BCUT2D eigenvalue weighted by Gasteiger charge is 2.37. The quantitative estimate of drug-likeness (QED) is 0.499. The van der Waals surface area contributed by atoms with Crippen molar-refractivity contribution in [3.8, 4) is 5.75 Å². The molecule has 1 aliphatic rings. The first kappa shape index (κ1) is 20.5. The third-order valence-corrected chi connectivity index (χ3v) is 6.12. The molecule has 9 nitrogen and oxygen atoms in total. The second kappa shape index (κ2) is 7.06. The summed E-state index contributed by atoms with van der Waals surface area (Å²) in [5.74, 6) is 0.921. The van der Waals surface area contributed by atoms with E-state index in [1.54, 1.807) is 6.20 Å². The summed E-state index contributed by atoms with van der Waals surface area (Å²) in [7, 11) is 1.41. The van der Waals surface area contributed by atoms with Gasteiger partial charge < -0.3 is 16.2 Å². The average Bonchev–Trinajstić information content (AvgIpc) is 3.13. The van der Waals surface area contributed by atoms with E-state index >= 15 is 0 Å². The molecule has 32 heavy (non-hydrogen) atoms. The van der Waals surface area contributed by atoms with Crippen LogP contribution in [0.2, 0.25) is 0 Å². The van der Waals surface area contributed by atoms with E-state index in [-0.39, 0.29) is 23.5 Å². The molecular weight excluding hydrogens is 411 g/mol. The molecule has 0 atom stereocenters. The van der Waals surface area contributed by atoms with Crippen LogP contribution in [0.5, 0.6) is 5.75 Å². The van der Waals surface area contributed by atoms with Crippen LogP contribution >= 0.6 is 0 Å². The number of anilines is 1. The van der Waals surface area contributed by atoms with E-state index in [9.17, 15) is 4.39 Å². The Bertz CT molecular complexity index is 1350. The van der Waals surface area contributed by atoms with E-state index in [0.717, 1.165) is 29.9 Å². The zero-order valence-corrected chi connectivity index (χ0v) is 18.4. The Morgan fingerprint density at radius 3 is 2.56 bits per heavy atom. The number of ether oxygens (including phenoxy) is 1. The topological polar surface area (TPSA) is 130 Å². The van der Waals surface area contributed by atoms with Crippen molar-refractivity contribution in [3.05, 3.63) is 47.1 Å².